The number of imide groups is 1. The van der Waals surface area contributed by atoms with E-state index in [2.05, 4.69) is 26.2 Å². The summed E-state index contributed by atoms with van der Waals surface area (Å²) in [5, 5.41) is 13.6. The van der Waals surface area contributed by atoms with Gasteiger partial charge in [0.15, 0.2) is 17.4 Å². The van der Waals surface area contributed by atoms with E-state index in [0.29, 0.717) is 16.7 Å². The molecule has 2 aliphatic rings. The van der Waals surface area contributed by atoms with Gasteiger partial charge < -0.3 is 19.6 Å². The lowest BCUT2D eigenvalue weighted by Crippen LogP contribution is -2.64. The number of urea groups is 1. The van der Waals surface area contributed by atoms with Crippen molar-refractivity contribution < 1.29 is 19.4 Å². The van der Waals surface area contributed by atoms with E-state index in [1.54, 1.807) is 11.9 Å². The van der Waals surface area contributed by atoms with E-state index in [1.807, 2.05) is 54.6 Å². The van der Waals surface area contributed by atoms with Gasteiger partial charge in [-0.2, -0.15) is 0 Å². The van der Waals surface area contributed by atoms with Crippen LogP contribution in [0, 0.1) is 0 Å². The third kappa shape index (κ3) is 5.08. The van der Waals surface area contributed by atoms with Crippen molar-refractivity contribution in [3.05, 3.63) is 64.6 Å². The van der Waals surface area contributed by atoms with Crippen LogP contribution in [0.2, 0.25) is 0 Å². The zero-order chi connectivity index (χ0) is 22.7. The van der Waals surface area contributed by atoms with E-state index >= 15 is 0 Å². The molecule has 1 saturated heterocycles. The number of aliphatic hydroxyl groups is 1. The molecule has 2 heterocycles. The number of aliphatic imine (C=N–C) groups is 1. The number of likely N-dealkylation sites (N-methyl/N-ethyl adjacent to an activating group) is 1. The number of amidine groups is 1. The lowest BCUT2D eigenvalue weighted by Gasteiger charge is -2.36. The minimum absolute atomic E-state index is 0.0673. The van der Waals surface area contributed by atoms with Crippen molar-refractivity contribution >= 4 is 44.8 Å². The highest BCUT2D eigenvalue weighted by Crippen LogP contribution is 2.30. The van der Waals surface area contributed by atoms with Crippen molar-refractivity contribution in [3.8, 4) is 5.75 Å². The van der Waals surface area contributed by atoms with Gasteiger partial charge in [0.1, 0.15) is 18.5 Å². The zero-order valence-electron chi connectivity index (χ0n) is 17.3. The fourth-order valence-electron chi connectivity index (χ4n) is 3.58. The molecule has 0 bridgehead atoms. The molecule has 0 radical (unpaired) electrons. The summed E-state index contributed by atoms with van der Waals surface area (Å²) in [5.41, 5.74) is 1.09. The van der Waals surface area contributed by atoms with Gasteiger partial charge in [0.05, 0.1) is 6.54 Å². The number of aliphatic hydroxyl groups excluding tert-OH is 1. The molecule has 10 heteroatoms. The fourth-order valence-corrected chi connectivity index (χ4v) is 5.03. The van der Waals surface area contributed by atoms with Gasteiger partial charge in [-0.05, 0) is 29.8 Å². The van der Waals surface area contributed by atoms with Gasteiger partial charge in [-0.25, -0.2) is 9.79 Å². The molecule has 0 saturated carbocycles. The van der Waals surface area contributed by atoms with Gasteiger partial charge in [0.2, 0.25) is 0 Å². The van der Waals surface area contributed by atoms with Crippen LogP contribution in [-0.4, -0.2) is 70.5 Å². The largest absolute Gasteiger partial charge is 0.491 e. The number of fused-ring (bicyclic) bond motifs is 1. The van der Waals surface area contributed by atoms with E-state index in [9.17, 15) is 14.7 Å². The number of rotatable bonds is 7. The van der Waals surface area contributed by atoms with E-state index in [0.717, 1.165) is 10.0 Å². The van der Waals surface area contributed by atoms with Crippen LogP contribution in [-0.2, 0) is 10.5 Å². The maximum atomic E-state index is 12.7. The molecule has 8 nitrogen and oxygen atoms in total. The van der Waals surface area contributed by atoms with E-state index in [1.165, 1.54) is 16.7 Å². The second-order valence-corrected chi connectivity index (χ2v) is 9.38. The molecule has 4 rings (SSSR count). The lowest BCUT2D eigenvalue weighted by molar-refractivity contribution is -0.127. The van der Waals surface area contributed by atoms with Crippen molar-refractivity contribution in [2.75, 3.05) is 20.2 Å². The highest BCUT2D eigenvalue weighted by Gasteiger charge is 2.49. The van der Waals surface area contributed by atoms with Gasteiger partial charge in [-0.15, -0.1) is 0 Å². The third-order valence-electron chi connectivity index (χ3n) is 5.17. The van der Waals surface area contributed by atoms with Gasteiger partial charge in [-0.1, -0.05) is 58.0 Å². The molecule has 0 spiro atoms. The van der Waals surface area contributed by atoms with Crippen LogP contribution in [0.3, 0.4) is 0 Å². The Balaban J connectivity index is 1.48. The topological polar surface area (TPSA) is 94.5 Å². The monoisotopic (exact) mass is 518 g/mol. The summed E-state index contributed by atoms with van der Waals surface area (Å²) < 4.78 is 6.64. The number of halogens is 1. The van der Waals surface area contributed by atoms with Crippen LogP contribution in [0.5, 0.6) is 5.75 Å². The minimum atomic E-state index is -0.860. The number of para-hydroxylation sites is 1. The van der Waals surface area contributed by atoms with Gasteiger partial charge in [0, 0.05) is 17.3 Å². The first-order chi connectivity index (χ1) is 15.4. The average molecular weight is 519 g/mol. The Morgan fingerprint density at radius 3 is 2.75 bits per heavy atom. The Hall–Kier alpha value is -2.56. The molecular weight excluding hydrogens is 496 g/mol. The Kier molecular flexibility index (Phi) is 7.02. The molecule has 32 heavy (non-hydrogen) atoms. The number of carbonyl (C=O) groups excluding carboxylic acids is 2. The quantitative estimate of drug-likeness (QED) is 0.585. The minimum Gasteiger partial charge on any atom is -0.491 e. The number of nitrogens with one attached hydrogen (secondary N) is 1. The van der Waals surface area contributed by atoms with Crippen LogP contribution in [0.4, 0.5) is 4.79 Å². The summed E-state index contributed by atoms with van der Waals surface area (Å²) in [6.45, 7) is 0.214. The first-order valence-electron chi connectivity index (χ1n) is 10.1. The average Bonchev–Trinajstić information content (AvgIpc) is 3.14. The lowest BCUT2D eigenvalue weighted by atomic mass is 10.1. The molecule has 3 atom stereocenters. The Morgan fingerprint density at radius 1 is 1.22 bits per heavy atom. The number of nitrogens with zero attached hydrogens (tertiary/aromatic N) is 3. The number of β-amino-alcohol motifs (C(OH)–C–C–N with tert-alkyl or cyclic N) is 1. The van der Waals surface area contributed by atoms with Crippen molar-refractivity contribution in [1.29, 1.82) is 0 Å². The van der Waals surface area contributed by atoms with Crippen molar-refractivity contribution in [1.82, 2.24) is 15.1 Å². The summed E-state index contributed by atoms with van der Waals surface area (Å²) in [4.78, 5) is 32.6. The molecule has 0 aromatic heterocycles. The van der Waals surface area contributed by atoms with Crippen LogP contribution in [0.25, 0.3) is 0 Å². The molecule has 2 aromatic rings. The van der Waals surface area contributed by atoms with Crippen molar-refractivity contribution in [3.63, 3.8) is 0 Å². The number of thioether (sulfide) groups is 1. The van der Waals surface area contributed by atoms with Crippen molar-refractivity contribution in [2.24, 2.45) is 4.99 Å². The normalized spacial score (nSPS) is 21.2. The second-order valence-electron chi connectivity index (χ2n) is 7.52. The molecular formula is C22H23BrN4O4S. The summed E-state index contributed by atoms with van der Waals surface area (Å²) in [7, 11) is 1.61. The number of hydrogen-bond acceptors (Lipinski definition) is 7. The second kappa shape index (κ2) is 9.93. The smallest absolute Gasteiger partial charge is 0.325 e. The first kappa shape index (κ1) is 22.6. The Morgan fingerprint density at radius 2 is 2.00 bits per heavy atom. The van der Waals surface area contributed by atoms with Crippen LogP contribution >= 0.6 is 27.7 Å². The maximum Gasteiger partial charge on any atom is 0.325 e. The van der Waals surface area contributed by atoms with Gasteiger partial charge >= 0.3 is 6.03 Å². The number of carbonyl (C=O) groups is 2. The summed E-state index contributed by atoms with van der Waals surface area (Å²) >= 11 is 4.94. The highest BCUT2D eigenvalue weighted by molar-refractivity contribution is 9.10. The van der Waals surface area contributed by atoms with Gasteiger partial charge in [0.25, 0.3) is 5.91 Å². The third-order valence-corrected chi connectivity index (χ3v) is 6.74. The molecule has 2 aliphatic heterocycles. The van der Waals surface area contributed by atoms with Gasteiger partial charge in [-0.3, -0.25) is 10.1 Å². The zero-order valence-corrected chi connectivity index (χ0v) is 19.8. The summed E-state index contributed by atoms with van der Waals surface area (Å²) in [5.74, 6) is 0.866. The van der Waals surface area contributed by atoms with Crippen LogP contribution < -0.4 is 10.1 Å². The van der Waals surface area contributed by atoms with Crippen molar-refractivity contribution in [2.45, 2.75) is 24.1 Å². The number of ether oxygens (including phenoxy) is 1. The van der Waals surface area contributed by atoms with Crippen LogP contribution in [0.1, 0.15) is 5.56 Å². The molecule has 3 unspecified atom stereocenters. The fraction of sp³-hybridized carbons (Fsp3) is 0.318. The van der Waals surface area contributed by atoms with E-state index in [-0.39, 0.29) is 13.2 Å². The molecule has 2 aromatic carbocycles. The number of amides is 3. The standard InChI is InChI=1S/C22H23BrN4O4S/c1-26-19-18(20(29)25-21(26)30)27(11-16(28)12-31-17-8-3-2-4-9-17)22(24-19)32-13-14-6-5-7-15(23)10-14/h2-10,16,18-19,28H,11-13H2,1H3,(H,25,29,30). The summed E-state index contributed by atoms with van der Waals surface area (Å²) in [6, 6.07) is 16.0. The first-order valence-corrected chi connectivity index (χ1v) is 11.9. The molecule has 3 amide bonds. The Labute approximate surface area is 198 Å². The number of hydrogen-bond donors (Lipinski definition) is 2. The van der Waals surface area contributed by atoms with E-state index in [4.69, 9.17) is 4.74 Å². The highest BCUT2D eigenvalue weighted by atomic mass is 79.9. The molecule has 1 fully saturated rings. The predicted molar refractivity (Wildman–Crippen MR) is 126 cm³/mol. The molecule has 0 aliphatic carbocycles. The van der Waals surface area contributed by atoms with Crippen LogP contribution in [0.15, 0.2) is 64.1 Å². The summed E-state index contributed by atoms with van der Waals surface area (Å²) in [6.07, 6.45) is -1.50. The number of benzene rings is 2. The van der Waals surface area contributed by atoms with E-state index < -0.39 is 30.2 Å². The molecule has 2 N–H and O–H groups in total. The molecule has 168 valence electrons. The Bertz CT molecular complexity index is 1020. The maximum absolute atomic E-state index is 12.7. The SMILES string of the molecule is CN1C(=O)NC(=O)C2C1N=C(SCc1cccc(Br)c1)N2CC(O)COc1ccccc1. The predicted octanol–water partition coefficient (Wildman–Crippen LogP) is 2.67.